The minimum absolute atomic E-state index is 0.0403. The molecule has 6 nitrogen and oxygen atoms in total. The monoisotopic (exact) mass is 321 g/mol. The van der Waals surface area contributed by atoms with E-state index >= 15 is 0 Å². The first-order valence-electron chi connectivity index (χ1n) is 8.09. The summed E-state index contributed by atoms with van der Waals surface area (Å²) in [6.45, 7) is 8.54. The van der Waals surface area contributed by atoms with Crippen molar-refractivity contribution < 1.29 is 14.3 Å². The van der Waals surface area contributed by atoms with Crippen molar-refractivity contribution in [1.29, 1.82) is 0 Å². The van der Waals surface area contributed by atoms with Crippen molar-refractivity contribution >= 4 is 11.7 Å². The van der Waals surface area contributed by atoms with Gasteiger partial charge in [-0.25, -0.2) is 4.79 Å². The van der Waals surface area contributed by atoms with Gasteiger partial charge in [-0.3, -0.25) is 4.90 Å². The highest BCUT2D eigenvalue weighted by Crippen LogP contribution is 2.16. The van der Waals surface area contributed by atoms with Crippen LogP contribution in [-0.2, 0) is 4.74 Å². The maximum atomic E-state index is 12.0. The fourth-order valence-electron chi connectivity index (χ4n) is 2.67. The lowest BCUT2D eigenvalue weighted by Crippen LogP contribution is -2.48. The molecule has 2 N–H and O–H groups in total. The van der Waals surface area contributed by atoms with Gasteiger partial charge in [0.15, 0.2) is 0 Å². The first-order chi connectivity index (χ1) is 11.1. The molecule has 2 amide bonds. The average molecular weight is 321 g/mol. The SMILES string of the molecule is COc1cccc(NC(=O)NCC2CN(CC(C)C)CCO2)c1. The van der Waals surface area contributed by atoms with Crippen molar-refractivity contribution in [3.8, 4) is 5.75 Å². The highest BCUT2D eigenvalue weighted by atomic mass is 16.5. The van der Waals surface area contributed by atoms with Crippen LogP contribution in [0.2, 0.25) is 0 Å². The Bertz CT molecular complexity index is 508. The number of urea groups is 1. The summed E-state index contributed by atoms with van der Waals surface area (Å²) in [5.74, 6) is 1.35. The zero-order valence-electron chi connectivity index (χ0n) is 14.2. The Morgan fingerprint density at radius 2 is 2.30 bits per heavy atom. The van der Waals surface area contributed by atoms with Gasteiger partial charge in [-0.15, -0.1) is 0 Å². The number of carbonyl (C=O) groups is 1. The summed E-state index contributed by atoms with van der Waals surface area (Å²) < 4.78 is 10.9. The molecule has 1 unspecified atom stereocenters. The topological polar surface area (TPSA) is 62.8 Å². The quantitative estimate of drug-likeness (QED) is 0.843. The second-order valence-electron chi connectivity index (χ2n) is 6.21. The van der Waals surface area contributed by atoms with Crippen molar-refractivity contribution in [3.05, 3.63) is 24.3 Å². The van der Waals surface area contributed by atoms with E-state index in [4.69, 9.17) is 9.47 Å². The summed E-state index contributed by atoms with van der Waals surface area (Å²) in [5.41, 5.74) is 0.702. The van der Waals surface area contributed by atoms with Gasteiger partial charge in [-0.05, 0) is 18.1 Å². The van der Waals surface area contributed by atoms with Gasteiger partial charge in [0.1, 0.15) is 5.75 Å². The highest BCUT2D eigenvalue weighted by molar-refractivity contribution is 5.89. The summed E-state index contributed by atoms with van der Waals surface area (Å²) in [6, 6.07) is 7.04. The Hall–Kier alpha value is -1.79. The molecule has 0 saturated carbocycles. The second kappa shape index (κ2) is 8.74. The number of hydrogen-bond donors (Lipinski definition) is 2. The van der Waals surface area contributed by atoms with Crippen LogP contribution in [0.4, 0.5) is 10.5 Å². The molecule has 1 heterocycles. The summed E-state index contributed by atoms with van der Waals surface area (Å²) in [7, 11) is 1.60. The maximum absolute atomic E-state index is 12.0. The standard InChI is InChI=1S/C17H27N3O3/c1-13(2)11-20-7-8-23-16(12-20)10-18-17(21)19-14-5-4-6-15(9-14)22-3/h4-6,9,13,16H,7-8,10-12H2,1-3H3,(H2,18,19,21). The second-order valence-corrected chi connectivity index (χ2v) is 6.21. The van der Waals surface area contributed by atoms with Crippen molar-refractivity contribution in [2.75, 3.05) is 45.2 Å². The summed E-state index contributed by atoms with van der Waals surface area (Å²) in [6.07, 6.45) is 0.0403. The normalized spacial score (nSPS) is 18.7. The molecule has 1 aliphatic heterocycles. The Balaban J connectivity index is 1.75. The third-order valence-corrected chi connectivity index (χ3v) is 3.66. The first-order valence-corrected chi connectivity index (χ1v) is 8.09. The summed E-state index contributed by atoms with van der Waals surface area (Å²) in [5, 5.41) is 5.67. The number of hydrogen-bond acceptors (Lipinski definition) is 4. The van der Waals surface area contributed by atoms with Gasteiger partial charge in [-0.1, -0.05) is 19.9 Å². The van der Waals surface area contributed by atoms with Crippen molar-refractivity contribution in [2.24, 2.45) is 5.92 Å². The molecule has 0 spiro atoms. The van der Waals surface area contributed by atoms with Crippen LogP contribution in [0.15, 0.2) is 24.3 Å². The van der Waals surface area contributed by atoms with E-state index in [1.54, 1.807) is 13.2 Å². The van der Waals surface area contributed by atoms with E-state index in [-0.39, 0.29) is 12.1 Å². The first kappa shape index (κ1) is 17.6. The zero-order valence-corrected chi connectivity index (χ0v) is 14.2. The molecule has 2 rings (SSSR count). The number of methoxy groups -OCH3 is 1. The number of morpholine rings is 1. The van der Waals surface area contributed by atoms with Gasteiger partial charge in [0, 0.05) is 37.9 Å². The molecule has 0 aromatic heterocycles. The lowest BCUT2D eigenvalue weighted by atomic mass is 10.2. The number of rotatable bonds is 6. The van der Waals surface area contributed by atoms with Crippen LogP contribution in [0.1, 0.15) is 13.8 Å². The number of nitrogens with zero attached hydrogens (tertiary/aromatic N) is 1. The molecule has 0 aliphatic carbocycles. The lowest BCUT2D eigenvalue weighted by Gasteiger charge is -2.33. The van der Waals surface area contributed by atoms with Crippen LogP contribution in [0.3, 0.4) is 0 Å². The third-order valence-electron chi connectivity index (χ3n) is 3.66. The summed E-state index contributed by atoms with van der Waals surface area (Å²) in [4.78, 5) is 14.4. The van der Waals surface area contributed by atoms with Gasteiger partial charge >= 0.3 is 6.03 Å². The van der Waals surface area contributed by atoms with Crippen LogP contribution in [0.5, 0.6) is 5.75 Å². The molecule has 1 fully saturated rings. The Labute approximate surface area is 138 Å². The molecule has 1 aromatic carbocycles. The average Bonchev–Trinajstić information content (AvgIpc) is 2.53. The number of anilines is 1. The van der Waals surface area contributed by atoms with Gasteiger partial charge in [0.2, 0.25) is 0 Å². The number of ether oxygens (including phenoxy) is 2. The van der Waals surface area contributed by atoms with E-state index in [9.17, 15) is 4.79 Å². The van der Waals surface area contributed by atoms with Crippen LogP contribution in [0.25, 0.3) is 0 Å². The molecule has 1 atom stereocenters. The van der Waals surface area contributed by atoms with E-state index in [1.807, 2.05) is 18.2 Å². The molecule has 0 bridgehead atoms. The molecule has 0 radical (unpaired) electrons. The van der Waals surface area contributed by atoms with E-state index in [0.29, 0.717) is 23.9 Å². The minimum Gasteiger partial charge on any atom is -0.497 e. The molecular formula is C17H27N3O3. The van der Waals surface area contributed by atoms with Gasteiger partial charge < -0.3 is 20.1 Å². The highest BCUT2D eigenvalue weighted by Gasteiger charge is 2.21. The Morgan fingerprint density at radius 1 is 1.48 bits per heavy atom. The van der Waals surface area contributed by atoms with Crippen LogP contribution < -0.4 is 15.4 Å². The zero-order chi connectivity index (χ0) is 16.7. The smallest absolute Gasteiger partial charge is 0.319 e. The van der Waals surface area contributed by atoms with E-state index in [1.165, 1.54) is 0 Å². The molecule has 23 heavy (non-hydrogen) atoms. The third kappa shape index (κ3) is 6.08. The van der Waals surface area contributed by atoms with Crippen LogP contribution >= 0.6 is 0 Å². The Kier molecular flexibility index (Phi) is 6.67. The lowest BCUT2D eigenvalue weighted by molar-refractivity contribution is -0.0288. The Morgan fingerprint density at radius 3 is 3.04 bits per heavy atom. The molecule has 128 valence electrons. The van der Waals surface area contributed by atoms with Crippen molar-refractivity contribution in [2.45, 2.75) is 20.0 Å². The predicted octanol–water partition coefficient (Wildman–Crippen LogP) is 2.17. The largest absolute Gasteiger partial charge is 0.497 e. The number of benzene rings is 1. The van der Waals surface area contributed by atoms with E-state index in [2.05, 4.69) is 29.4 Å². The molecule has 1 aliphatic rings. The number of nitrogens with one attached hydrogen (secondary N) is 2. The van der Waals surface area contributed by atoms with E-state index in [0.717, 1.165) is 26.2 Å². The number of amides is 2. The van der Waals surface area contributed by atoms with Crippen molar-refractivity contribution in [1.82, 2.24) is 10.2 Å². The van der Waals surface area contributed by atoms with Gasteiger partial charge in [0.25, 0.3) is 0 Å². The predicted molar refractivity (Wildman–Crippen MR) is 91.0 cm³/mol. The van der Waals surface area contributed by atoms with Crippen LogP contribution in [-0.4, -0.2) is 56.9 Å². The maximum Gasteiger partial charge on any atom is 0.319 e. The molecule has 1 saturated heterocycles. The fourth-order valence-corrected chi connectivity index (χ4v) is 2.67. The van der Waals surface area contributed by atoms with Crippen LogP contribution in [0, 0.1) is 5.92 Å². The molecule has 1 aromatic rings. The number of carbonyl (C=O) groups excluding carboxylic acids is 1. The molecule has 6 heteroatoms. The molecular weight excluding hydrogens is 294 g/mol. The fraction of sp³-hybridized carbons (Fsp3) is 0.588. The minimum atomic E-state index is -0.233. The van der Waals surface area contributed by atoms with E-state index < -0.39 is 0 Å². The summed E-state index contributed by atoms with van der Waals surface area (Å²) >= 11 is 0. The van der Waals surface area contributed by atoms with Gasteiger partial charge in [-0.2, -0.15) is 0 Å². The van der Waals surface area contributed by atoms with Crippen molar-refractivity contribution in [3.63, 3.8) is 0 Å². The van der Waals surface area contributed by atoms with Gasteiger partial charge in [0.05, 0.1) is 19.8 Å².